The summed E-state index contributed by atoms with van der Waals surface area (Å²) in [6.45, 7) is 4.07. The fourth-order valence-electron chi connectivity index (χ4n) is 3.92. The van der Waals surface area contributed by atoms with Gasteiger partial charge in [0.25, 0.3) is 0 Å². The number of rotatable bonds is 2. The third kappa shape index (κ3) is 1.75. The summed E-state index contributed by atoms with van der Waals surface area (Å²) in [6, 6.07) is 11.1. The molecule has 3 nitrogen and oxygen atoms in total. The molecule has 0 radical (unpaired) electrons. The van der Waals surface area contributed by atoms with Crippen LogP contribution in [0, 0.1) is 19.3 Å². The van der Waals surface area contributed by atoms with Gasteiger partial charge in [-0.3, -0.25) is 4.98 Å². The molecule has 0 bridgehead atoms. The fourth-order valence-corrected chi connectivity index (χ4v) is 3.92. The molecule has 2 aromatic heterocycles. The Bertz CT molecular complexity index is 882. The first-order valence-electron chi connectivity index (χ1n) is 8.08. The van der Waals surface area contributed by atoms with Gasteiger partial charge in [-0.2, -0.15) is 5.10 Å². The van der Waals surface area contributed by atoms with E-state index in [1.807, 2.05) is 20.0 Å². The third-order valence-corrected chi connectivity index (χ3v) is 5.39. The molecule has 2 aliphatic rings. The highest BCUT2D eigenvalue weighted by atomic mass is 15.3. The predicted molar refractivity (Wildman–Crippen MR) is 87.4 cm³/mol. The number of aryl methyl sites for hydroxylation is 2. The van der Waals surface area contributed by atoms with Gasteiger partial charge in [-0.15, -0.1) is 0 Å². The van der Waals surface area contributed by atoms with Gasteiger partial charge < -0.3 is 0 Å². The van der Waals surface area contributed by atoms with Crippen LogP contribution in [0.3, 0.4) is 0 Å². The van der Waals surface area contributed by atoms with Crippen LogP contribution in [0.5, 0.6) is 0 Å². The van der Waals surface area contributed by atoms with Crippen LogP contribution in [0.2, 0.25) is 0 Å². The van der Waals surface area contributed by atoms with E-state index in [-0.39, 0.29) is 0 Å². The largest absolute Gasteiger partial charge is 0.258 e. The van der Waals surface area contributed by atoms with Gasteiger partial charge in [0.15, 0.2) is 0 Å². The van der Waals surface area contributed by atoms with Gasteiger partial charge >= 0.3 is 0 Å². The van der Waals surface area contributed by atoms with E-state index in [4.69, 9.17) is 0 Å². The van der Waals surface area contributed by atoms with Gasteiger partial charge in [-0.25, -0.2) is 4.68 Å². The molecule has 0 amide bonds. The van der Waals surface area contributed by atoms with Crippen LogP contribution in [0.25, 0.3) is 16.6 Å². The smallest absolute Gasteiger partial charge is 0.0743 e. The molecule has 22 heavy (non-hydrogen) atoms. The van der Waals surface area contributed by atoms with Crippen LogP contribution in [0.15, 0.2) is 36.5 Å². The lowest BCUT2D eigenvalue weighted by Gasteiger charge is -2.07. The first-order valence-corrected chi connectivity index (χ1v) is 8.08. The molecule has 1 atom stereocenters. The van der Waals surface area contributed by atoms with E-state index in [0.29, 0.717) is 5.41 Å². The molecular formula is C19H19N3. The molecule has 3 heteroatoms. The Balaban J connectivity index is 1.65. The maximum absolute atomic E-state index is 4.61. The van der Waals surface area contributed by atoms with Crippen molar-refractivity contribution >= 4 is 10.9 Å². The lowest BCUT2D eigenvalue weighted by Crippen LogP contribution is -1.99. The lowest BCUT2D eigenvalue weighted by molar-refractivity contribution is 0.839. The number of hydrogen-bond donors (Lipinski definition) is 0. The lowest BCUT2D eigenvalue weighted by atomic mass is 10.1. The van der Waals surface area contributed by atoms with E-state index in [1.165, 1.54) is 35.7 Å². The van der Waals surface area contributed by atoms with Crippen molar-refractivity contribution in [1.29, 1.82) is 0 Å². The second-order valence-corrected chi connectivity index (χ2v) is 7.10. The van der Waals surface area contributed by atoms with Gasteiger partial charge in [0.1, 0.15) is 0 Å². The summed E-state index contributed by atoms with van der Waals surface area (Å²) in [7, 11) is 0. The topological polar surface area (TPSA) is 30.7 Å². The molecule has 1 spiro atoms. The second kappa shape index (κ2) is 3.97. The maximum atomic E-state index is 4.61. The molecule has 0 saturated heterocycles. The Labute approximate surface area is 130 Å². The summed E-state index contributed by atoms with van der Waals surface area (Å²) in [5.74, 6) is 0.793. The van der Waals surface area contributed by atoms with Gasteiger partial charge in [0.05, 0.1) is 17.4 Å². The quantitative estimate of drug-likeness (QED) is 0.704. The van der Waals surface area contributed by atoms with Crippen molar-refractivity contribution in [3.05, 3.63) is 53.5 Å². The zero-order valence-electron chi connectivity index (χ0n) is 13.0. The highest BCUT2D eigenvalue weighted by Gasteiger charge is 2.62. The van der Waals surface area contributed by atoms with E-state index in [1.54, 1.807) is 0 Å². The van der Waals surface area contributed by atoms with Crippen LogP contribution in [-0.4, -0.2) is 14.8 Å². The van der Waals surface area contributed by atoms with Crippen LogP contribution in [0.4, 0.5) is 0 Å². The Kier molecular flexibility index (Phi) is 2.24. The number of nitrogens with zero attached hydrogens (tertiary/aromatic N) is 3. The minimum absolute atomic E-state index is 0.697. The summed E-state index contributed by atoms with van der Waals surface area (Å²) in [4.78, 5) is 4.47. The Morgan fingerprint density at radius 1 is 1.09 bits per heavy atom. The van der Waals surface area contributed by atoms with Gasteiger partial charge in [-0.1, -0.05) is 12.1 Å². The minimum atomic E-state index is 0.697. The Morgan fingerprint density at radius 2 is 1.86 bits per heavy atom. The molecular weight excluding hydrogens is 270 g/mol. The Morgan fingerprint density at radius 3 is 2.55 bits per heavy atom. The number of benzene rings is 1. The van der Waals surface area contributed by atoms with Gasteiger partial charge in [-0.05, 0) is 68.2 Å². The second-order valence-electron chi connectivity index (χ2n) is 7.10. The first kappa shape index (κ1) is 12.4. The van der Waals surface area contributed by atoms with Crippen molar-refractivity contribution < 1.29 is 0 Å². The van der Waals surface area contributed by atoms with Crippen molar-refractivity contribution in [1.82, 2.24) is 14.8 Å². The average molecular weight is 289 g/mol. The molecule has 5 rings (SSSR count). The number of aromatic nitrogens is 3. The summed E-state index contributed by atoms with van der Waals surface area (Å²) < 4.78 is 2.06. The SMILES string of the molecule is Cc1cc(-n2ncc3ccc([C@@H]4CC45CC5)cc32)cc(C)n1. The molecule has 0 aliphatic heterocycles. The highest BCUT2D eigenvalue weighted by molar-refractivity contribution is 5.81. The molecule has 3 aromatic rings. The molecule has 2 fully saturated rings. The predicted octanol–water partition coefficient (Wildman–Crippen LogP) is 4.30. The molecule has 2 heterocycles. The van der Waals surface area contributed by atoms with E-state index >= 15 is 0 Å². The summed E-state index contributed by atoms with van der Waals surface area (Å²) in [6.07, 6.45) is 6.21. The first-order chi connectivity index (χ1) is 10.6. The normalized spacial score (nSPS) is 21.5. The Hall–Kier alpha value is -2.16. The van der Waals surface area contributed by atoms with Crippen molar-refractivity contribution in [3.8, 4) is 5.69 Å². The molecule has 110 valence electrons. The van der Waals surface area contributed by atoms with Crippen molar-refractivity contribution in [2.24, 2.45) is 5.41 Å². The monoisotopic (exact) mass is 289 g/mol. The summed E-state index contributed by atoms with van der Waals surface area (Å²) in [5, 5.41) is 5.82. The summed E-state index contributed by atoms with van der Waals surface area (Å²) >= 11 is 0. The van der Waals surface area contributed by atoms with Gasteiger partial charge in [0, 0.05) is 16.8 Å². The number of hydrogen-bond acceptors (Lipinski definition) is 2. The average Bonchev–Trinajstić information content (AvgIpc) is 3.37. The zero-order valence-corrected chi connectivity index (χ0v) is 13.0. The number of fused-ring (bicyclic) bond motifs is 1. The molecule has 0 unspecified atom stereocenters. The highest BCUT2D eigenvalue weighted by Crippen LogP contribution is 2.75. The zero-order chi connectivity index (χ0) is 14.9. The van der Waals surface area contributed by atoms with E-state index in [9.17, 15) is 0 Å². The molecule has 2 saturated carbocycles. The third-order valence-electron chi connectivity index (χ3n) is 5.39. The van der Waals surface area contributed by atoms with Crippen LogP contribution in [0.1, 0.15) is 42.1 Å². The molecule has 2 aliphatic carbocycles. The van der Waals surface area contributed by atoms with Crippen LogP contribution < -0.4 is 0 Å². The van der Waals surface area contributed by atoms with Crippen LogP contribution in [-0.2, 0) is 0 Å². The van der Waals surface area contributed by atoms with Crippen molar-refractivity contribution in [3.63, 3.8) is 0 Å². The number of pyridine rings is 1. The molecule has 0 N–H and O–H groups in total. The van der Waals surface area contributed by atoms with E-state index in [0.717, 1.165) is 23.0 Å². The minimum Gasteiger partial charge on any atom is -0.258 e. The van der Waals surface area contributed by atoms with Gasteiger partial charge in [0.2, 0.25) is 0 Å². The summed E-state index contributed by atoms with van der Waals surface area (Å²) in [5.41, 5.74) is 6.58. The fraction of sp³-hybridized carbons (Fsp3) is 0.368. The molecule has 1 aromatic carbocycles. The van der Waals surface area contributed by atoms with Crippen molar-refractivity contribution in [2.45, 2.75) is 39.0 Å². The van der Waals surface area contributed by atoms with E-state index < -0.39 is 0 Å². The maximum Gasteiger partial charge on any atom is 0.0743 e. The standard InChI is InChI=1S/C19H19N3/c1-12-7-16(8-13(2)21-12)22-18-9-14(3-4-15(18)11-20-22)17-10-19(17)5-6-19/h3-4,7-9,11,17H,5-6,10H2,1-2H3/t17-/m0/s1. The van der Waals surface area contributed by atoms with Crippen molar-refractivity contribution in [2.75, 3.05) is 0 Å². The van der Waals surface area contributed by atoms with Crippen LogP contribution >= 0.6 is 0 Å². The van der Waals surface area contributed by atoms with E-state index in [2.05, 4.69) is 45.1 Å².